The monoisotopic (exact) mass is 352 g/mol. The summed E-state index contributed by atoms with van der Waals surface area (Å²) in [5.74, 6) is -0.744. The number of anilines is 2. The first kappa shape index (κ1) is 17.6. The number of amides is 3. The van der Waals surface area contributed by atoms with E-state index in [-0.39, 0.29) is 23.4 Å². The van der Waals surface area contributed by atoms with Gasteiger partial charge in [0.25, 0.3) is 11.8 Å². The number of fused-ring (bicyclic) bond motifs is 1. The molecule has 0 saturated heterocycles. The first-order valence-corrected chi connectivity index (χ1v) is 8.53. The van der Waals surface area contributed by atoms with E-state index in [9.17, 15) is 14.4 Å². The number of rotatable bonds is 7. The molecule has 1 aliphatic heterocycles. The molecule has 7 nitrogen and oxygen atoms in total. The van der Waals surface area contributed by atoms with Crippen molar-refractivity contribution in [3.8, 4) is 0 Å². The second kappa shape index (κ2) is 7.77. The average molecular weight is 352 g/mol. The molecule has 3 N–H and O–H groups in total. The lowest BCUT2D eigenvalue weighted by Gasteiger charge is -2.13. The van der Waals surface area contributed by atoms with Gasteiger partial charge < -0.3 is 11.1 Å². The smallest absolute Gasteiger partial charge is 0.280 e. The van der Waals surface area contributed by atoms with Crippen molar-refractivity contribution in [2.75, 3.05) is 17.6 Å². The molecule has 7 heteroatoms. The van der Waals surface area contributed by atoms with Gasteiger partial charge >= 0.3 is 0 Å². The van der Waals surface area contributed by atoms with Crippen LogP contribution in [0, 0.1) is 0 Å². The summed E-state index contributed by atoms with van der Waals surface area (Å²) >= 11 is 0. The molecule has 0 spiro atoms. The van der Waals surface area contributed by atoms with Crippen LogP contribution in [0.3, 0.4) is 0 Å². The Kier molecular flexibility index (Phi) is 5.26. The molecule has 0 atom stereocenters. The predicted molar refractivity (Wildman–Crippen MR) is 97.6 cm³/mol. The van der Waals surface area contributed by atoms with Crippen molar-refractivity contribution in [1.82, 2.24) is 9.88 Å². The number of imide groups is 1. The number of carbonyl (C=O) groups is 3. The van der Waals surface area contributed by atoms with Gasteiger partial charge in [0, 0.05) is 19.2 Å². The molecule has 0 radical (unpaired) electrons. The van der Waals surface area contributed by atoms with E-state index in [1.807, 2.05) is 6.07 Å². The maximum absolute atomic E-state index is 12.2. The average Bonchev–Trinajstić information content (AvgIpc) is 2.88. The van der Waals surface area contributed by atoms with Crippen LogP contribution >= 0.6 is 0 Å². The first-order chi connectivity index (χ1) is 12.6. The van der Waals surface area contributed by atoms with Gasteiger partial charge in [-0.1, -0.05) is 18.6 Å². The number of benzene rings is 1. The molecule has 0 aliphatic carbocycles. The van der Waals surface area contributed by atoms with Crippen LogP contribution in [0.5, 0.6) is 0 Å². The molecular weight excluding hydrogens is 332 g/mol. The van der Waals surface area contributed by atoms with E-state index in [0.29, 0.717) is 42.7 Å². The molecule has 0 bridgehead atoms. The summed E-state index contributed by atoms with van der Waals surface area (Å²) < 4.78 is 0. The van der Waals surface area contributed by atoms with Crippen LogP contribution < -0.4 is 11.1 Å². The van der Waals surface area contributed by atoms with Gasteiger partial charge in [-0.15, -0.1) is 0 Å². The minimum atomic E-state index is -0.345. The number of hydrogen-bond acceptors (Lipinski definition) is 5. The van der Waals surface area contributed by atoms with Gasteiger partial charge in [0.15, 0.2) is 0 Å². The number of pyridine rings is 1. The van der Waals surface area contributed by atoms with Crippen LogP contribution in [0.15, 0.2) is 42.6 Å². The maximum Gasteiger partial charge on any atom is 0.280 e. The van der Waals surface area contributed by atoms with E-state index in [2.05, 4.69) is 10.3 Å². The number of unbranched alkanes of at least 4 members (excludes halogenated alkanes) is 2. The molecular formula is C19H20N4O3. The summed E-state index contributed by atoms with van der Waals surface area (Å²) in [4.78, 5) is 41.5. The summed E-state index contributed by atoms with van der Waals surface area (Å²) in [7, 11) is 0. The molecule has 1 aromatic heterocycles. The normalized spacial score (nSPS) is 13.0. The number of nitrogen functional groups attached to an aromatic ring is 1. The van der Waals surface area contributed by atoms with Gasteiger partial charge in [-0.3, -0.25) is 24.3 Å². The molecule has 0 saturated carbocycles. The second-order valence-electron chi connectivity index (χ2n) is 6.11. The zero-order chi connectivity index (χ0) is 18.5. The number of nitrogens with zero attached hydrogens (tertiary/aromatic N) is 2. The van der Waals surface area contributed by atoms with Crippen molar-refractivity contribution in [3.05, 3.63) is 53.9 Å². The van der Waals surface area contributed by atoms with E-state index in [0.717, 1.165) is 6.42 Å². The fourth-order valence-electron chi connectivity index (χ4n) is 2.87. The van der Waals surface area contributed by atoms with Crippen molar-refractivity contribution in [1.29, 1.82) is 0 Å². The number of hydrogen-bond donors (Lipinski definition) is 2. The first-order valence-electron chi connectivity index (χ1n) is 8.53. The Labute approximate surface area is 151 Å². The highest BCUT2D eigenvalue weighted by Crippen LogP contribution is 2.21. The lowest BCUT2D eigenvalue weighted by atomic mass is 10.1. The van der Waals surface area contributed by atoms with E-state index in [1.165, 1.54) is 11.1 Å². The Morgan fingerprint density at radius 2 is 1.85 bits per heavy atom. The Hall–Kier alpha value is -3.22. The van der Waals surface area contributed by atoms with E-state index in [4.69, 9.17) is 5.73 Å². The summed E-state index contributed by atoms with van der Waals surface area (Å²) in [5, 5.41) is 2.78. The molecule has 134 valence electrons. The predicted octanol–water partition coefficient (Wildman–Crippen LogP) is 2.46. The van der Waals surface area contributed by atoms with Gasteiger partial charge in [-0.2, -0.15) is 0 Å². The minimum absolute atomic E-state index is 0.104. The van der Waals surface area contributed by atoms with Crippen molar-refractivity contribution >= 4 is 29.1 Å². The van der Waals surface area contributed by atoms with Crippen LogP contribution in [-0.4, -0.2) is 34.2 Å². The molecule has 0 unspecified atom stereocenters. The Morgan fingerprint density at radius 3 is 2.62 bits per heavy atom. The molecule has 3 rings (SSSR count). The molecule has 1 aliphatic rings. The third kappa shape index (κ3) is 3.72. The van der Waals surface area contributed by atoms with Gasteiger partial charge in [0.05, 0.1) is 16.9 Å². The highest BCUT2D eigenvalue weighted by molar-refractivity contribution is 6.20. The maximum atomic E-state index is 12.2. The summed E-state index contributed by atoms with van der Waals surface area (Å²) in [6.45, 7) is 0.335. The fourth-order valence-corrected chi connectivity index (χ4v) is 2.87. The number of para-hydroxylation sites is 2. The largest absolute Gasteiger partial charge is 0.397 e. The quantitative estimate of drug-likeness (QED) is 0.452. The molecule has 1 aromatic carbocycles. The van der Waals surface area contributed by atoms with Crippen molar-refractivity contribution in [2.24, 2.45) is 0 Å². The highest BCUT2D eigenvalue weighted by atomic mass is 16.2. The lowest BCUT2D eigenvalue weighted by molar-refractivity contribution is -0.116. The third-order valence-corrected chi connectivity index (χ3v) is 4.25. The third-order valence-electron chi connectivity index (χ3n) is 4.25. The number of carbonyl (C=O) groups excluding carboxylic acids is 3. The van der Waals surface area contributed by atoms with Gasteiger partial charge in [0.2, 0.25) is 5.91 Å². The fraction of sp³-hybridized carbons (Fsp3) is 0.263. The van der Waals surface area contributed by atoms with Gasteiger partial charge in [0.1, 0.15) is 5.69 Å². The number of aromatic nitrogens is 1. The minimum Gasteiger partial charge on any atom is -0.397 e. The lowest BCUT2D eigenvalue weighted by Crippen LogP contribution is -2.30. The Morgan fingerprint density at radius 1 is 1.04 bits per heavy atom. The highest BCUT2D eigenvalue weighted by Gasteiger charge is 2.35. The number of nitrogens with one attached hydrogen (secondary N) is 1. The van der Waals surface area contributed by atoms with Crippen molar-refractivity contribution < 1.29 is 14.4 Å². The van der Waals surface area contributed by atoms with E-state index >= 15 is 0 Å². The van der Waals surface area contributed by atoms with Crippen molar-refractivity contribution in [3.63, 3.8) is 0 Å². The standard InChI is InChI=1S/C19H20N4O3/c20-14-8-3-4-9-15(14)22-16(24)10-2-1-5-12-23-18(25)13-7-6-11-21-17(13)19(23)26/h3-4,6-9,11H,1-2,5,10,12,20H2,(H,22,24). The molecule has 3 amide bonds. The van der Waals surface area contributed by atoms with E-state index < -0.39 is 0 Å². The van der Waals surface area contributed by atoms with Gasteiger partial charge in [-0.05, 0) is 37.1 Å². The SMILES string of the molecule is Nc1ccccc1NC(=O)CCCCCN1C(=O)c2cccnc2C1=O. The number of nitrogens with two attached hydrogens (primary N) is 1. The summed E-state index contributed by atoms with van der Waals surface area (Å²) in [5.41, 5.74) is 7.50. The zero-order valence-corrected chi connectivity index (χ0v) is 14.3. The van der Waals surface area contributed by atoms with Crippen LogP contribution in [-0.2, 0) is 4.79 Å². The van der Waals surface area contributed by atoms with E-state index in [1.54, 1.807) is 30.3 Å². The zero-order valence-electron chi connectivity index (χ0n) is 14.3. The van der Waals surface area contributed by atoms with Gasteiger partial charge in [-0.25, -0.2) is 0 Å². The molecule has 2 aromatic rings. The van der Waals surface area contributed by atoms with Crippen LogP contribution in [0.1, 0.15) is 46.5 Å². The van der Waals surface area contributed by atoms with Crippen LogP contribution in [0.25, 0.3) is 0 Å². The van der Waals surface area contributed by atoms with Crippen LogP contribution in [0.2, 0.25) is 0 Å². The molecule has 26 heavy (non-hydrogen) atoms. The summed E-state index contributed by atoms with van der Waals surface area (Å²) in [6.07, 6.45) is 3.91. The molecule has 0 fully saturated rings. The van der Waals surface area contributed by atoms with Crippen molar-refractivity contribution in [2.45, 2.75) is 25.7 Å². The molecule has 2 heterocycles. The summed E-state index contributed by atoms with van der Waals surface area (Å²) in [6, 6.07) is 10.4. The van der Waals surface area contributed by atoms with Crippen LogP contribution in [0.4, 0.5) is 11.4 Å². The topological polar surface area (TPSA) is 105 Å². The Bertz CT molecular complexity index is 815. The second-order valence-corrected chi connectivity index (χ2v) is 6.11. The Balaban J connectivity index is 1.40.